The highest BCUT2D eigenvalue weighted by Gasteiger charge is 2.06. The molecule has 0 saturated carbocycles. The Morgan fingerprint density at radius 1 is 1.04 bits per heavy atom. The summed E-state index contributed by atoms with van der Waals surface area (Å²) in [6.07, 6.45) is 10.7. The zero-order valence-corrected chi connectivity index (χ0v) is 13.6. The normalized spacial score (nSPS) is 10.9. The van der Waals surface area contributed by atoms with Crippen molar-refractivity contribution in [3.8, 4) is 5.75 Å². The molecule has 0 heterocycles. The summed E-state index contributed by atoms with van der Waals surface area (Å²) in [7, 11) is 1.31. The Labute approximate surface area is 137 Å². The minimum absolute atomic E-state index is 0.365. The van der Waals surface area contributed by atoms with Crippen LogP contribution in [-0.2, 0) is 4.74 Å². The SMILES string of the molecule is CC/C=C\CC/C=C/CNC(=O)Oc1ccc(C(=O)OC)cc1. The van der Waals surface area contributed by atoms with Gasteiger partial charge in [0.2, 0.25) is 0 Å². The van der Waals surface area contributed by atoms with Gasteiger partial charge in [0.25, 0.3) is 0 Å². The third-order valence-corrected chi connectivity index (χ3v) is 2.92. The van der Waals surface area contributed by atoms with E-state index in [1.807, 2.05) is 12.2 Å². The zero-order valence-electron chi connectivity index (χ0n) is 13.6. The molecular formula is C18H23NO4. The molecule has 0 unspecified atom stereocenters. The van der Waals surface area contributed by atoms with Crippen molar-refractivity contribution in [2.24, 2.45) is 0 Å². The second kappa shape index (κ2) is 11.1. The fraction of sp³-hybridized carbons (Fsp3) is 0.333. The Bertz CT molecular complexity index is 547. The van der Waals surface area contributed by atoms with Crippen molar-refractivity contribution < 1.29 is 19.1 Å². The lowest BCUT2D eigenvalue weighted by atomic mass is 10.2. The van der Waals surface area contributed by atoms with Crippen molar-refractivity contribution >= 4 is 12.1 Å². The molecule has 0 radical (unpaired) electrons. The van der Waals surface area contributed by atoms with E-state index in [-0.39, 0.29) is 0 Å². The van der Waals surface area contributed by atoms with Gasteiger partial charge in [-0.25, -0.2) is 9.59 Å². The monoisotopic (exact) mass is 317 g/mol. The van der Waals surface area contributed by atoms with Gasteiger partial charge in [0.1, 0.15) is 5.75 Å². The summed E-state index contributed by atoms with van der Waals surface area (Å²) in [5.41, 5.74) is 0.403. The molecule has 0 aliphatic heterocycles. The lowest BCUT2D eigenvalue weighted by Crippen LogP contribution is -2.26. The van der Waals surface area contributed by atoms with E-state index in [4.69, 9.17) is 4.74 Å². The molecular weight excluding hydrogens is 294 g/mol. The van der Waals surface area contributed by atoms with Gasteiger partial charge in [-0.3, -0.25) is 0 Å². The van der Waals surface area contributed by atoms with E-state index in [9.17, 15) is 9.59 Å². The number of rotatable bonds is 8. The fourth-order valence-electron chi connectivity index (χ4n) is 1.74. The van der Waals surface area contributed by atoms with Crippen LogP contribution in [0.4, 0.5) is 4.79 Å². The highest BCUT2D eigenvalue weighted by Crippen LogP contribution is 2.12. The smallest absolute Gasteiger partial charge is 0.412 e. The van der Waals surface area contributed by atoms with E-state index in [1.165, 1.54) is 19.2 Å². The number of hydrogen-bond donors (Lipinski definition) is 1. The first-order valence-electron chi connectivity index (χ1n) is 7.61. The average molecular weight is 317 g/mol. The predicted octanol–water partition coefficient (Wildman–Crippen LogP) is 3.86. The summed E-state index contributed by atoms with van der Waals surface area (Å²) in [5, 5.41) is 2.62. The third kappa shape index (κ3) is 7.85. The fourth-order valence-corrected chi connectivity index (χ4v) is 1.74. The first-order chi connectivity index (χ1) is 11.2. The minimum Gasteiger partial charge on any atom is -0.465 e. The molecule has 1 amide bonds. The van der Waals surface area contributed by atoms with Crippen molar-refractivity contribution in [1.82, 2.24) is 5.32 Å². The Kier molecular flexibility index (Phi) is 8.90. The third-order valence-electron chi connectivity index (χ3n) is 2.92. The largest absolute Gasteiger partial charge is 0.465 e. The molecule has 1 aromatic rings. The minimum atomic E-state index is -0.536. The number of carbonyl (C=O) groups excluding carboxylic acids is 2. The zero-order chi connectivity index (χ0) is 16.9. The van der Waals surface area contributed by atoms with Gasteiger partial charge < -0.3 is 14.8 Å². The van der Waals surface area contributed by atoms with Crippen LogP contribution in [-0.4, -0.2) is 25.7 Å². The van der Waals surface area contributed by atoms with Gasteiger partial charge in [0.15, 0.2) is 0 Å². The summed E-state index contributed by atoms with van der Waals surface area (Å²) in [6, 6.07) is 6.17. The van der Waals surface area contributed by atoms with Crippen LogP contribution in [0.25, 0.3) is 0 Å². The molecule has 0 saturated heterocycles. The number of amides is 1. The summed E-state index contributed by atoms with van der Waals surface area (Å²) >= 11 is 0. The molecule has 0 atom stereocenters. The van der Waals surface area contributed by atoms with Gasteiger partial charge in [-0.2, -0.15) is 0 Å². The van der Waals surface area contributed by atoms with Crippen LogP contribution in [0.15, 0.2) is 48.6 Å². The highest BCUT2D eigenvalue weighted by molar-refractivity contribution is 5.89. The molecule has 0 aromatic heterocycles. The second-order valence-electron chi connectivity index (χ2n) is 4.71. The van der Waals surface area contributed by atoms with E-state index in [0.29, 0.717) is 17.9 Å². The molecule has 1 aromatic carbocycles. The summed E-state index contributed by atoms with van der Waals surface area (Å²) in [5.74, 6) is -0.0660. The molecule has 0 bridgehead atoms. The van der Waals surface area contributed by atoms with E-state index in [0.717, 1.165) is 19.3 Å². The van der Waals surface area contributed by atoms with Crippen LogP contribution < -0.4 is 10.1 Å². The van der Waals surface area contributed by atoms with Crippen molar-refractivity contribution in [3.05, 3.63) is 54.1 Å². The standard InChI is InChI=1S/C18H23NO4/c1-3-4-5-6-7-8-9-14-19-18(21)23-16-12-10-15(11-13-16)17(20)22-2/h4-5,8-13H,3,6-7,14H2,1-2H3,(H,19,21)/b5-4-,9-8+. The lowest BCUT2D eigenvalue weighted by Gasteiger charge is -2.05. The molecule has 0 aliphatic carbocycles. The Balaban J connectivity index is 2.27. The van der Waals surface area contributed by atoms with Crippen LogP contribution >= 0.6 is 0 Å². The quantitative estimate of drug-likeness (QED) is 0.449. The number of unbranched alkanes of at least 4 members (excludes halogenated alkanes) is 1. The Hall–Kier alpha value is -2.56. The number of ether oxygens (including phenoxy) is 2. The maximum Gasteiger partial charge on any atom is 0.412 e. The molecule has 5 heteroatoms. The number of nitrogens with one attached hydrogen (secondary N) is 1. The van der Waals surface area contributed by atoms with E-state index < -0.39 is 12.1 Å². The van der Waals surface area contributed by atoms with E-state index >= 15 is 0 Å². The Morgan fingerprint density at radius 2 is 1.70 bits per heavy atom. The summed E-state index contributed by atoms with van der Waals surface area (Å²) in [6.45, 7) is 2.52. The molecule has 23 heavy (non-hydrogen) atoms. The maximum absolute atomic E-state index is 11.6. The molecule has 5 nitrogen and oxygen atoms in total. The van der Waals surface area contributed by atoms with Gasteiger partial charge in [-0.15, -0.1) is 0 Å². The van der Waals surface area contributed by atoms with Crippen LogP contribution in [0, 0.1) is 0 Å². The number of methoxy groups -OCH3 is 1. The number of allylic oxidation sites excluding steroid dienone is 3. The number of benzene rings is 1. The molecule has 0 spiro atoms. The van der Waals surface area contributed by atoms with Crippen LogP contribution in [0.3, 0.4) is 0 Å². The molecule has 0 aliphatic rings. The predicted molar refractivity (Wildman–Crippen MR) is 89.6 cm³/mol. The summed E-state index contributed by atoms with van der Waals surface area (Å²) < 4.78 is 9.69. The van der Waals surface area contributed by atoms with E-state index in [1.54, 1.807) is 12.1 Å². The molecule has 0 fully saturated rings. The topological polar surface area (TPSA) is 64.6 Å². The van der Waals surface area contributed by atoms with Gasteiger partial charge >= 0.3 is 12.1 Å². The summed E-state index contributed by atoms with van der Waals surface area (Å²) in [4.78, 5) is 22.9. The van der Waals surface area contributed by atoms with Crippen LogP contribution in [0.2, 0.25) is 0 Å². The first-order valence-corrected chi connectivity index (χ1v) is 7.61. The van der Waals surface area contributed by atoms with Gasteiger partial charge in [0.05, 0.1) is 12.7 Å². The molecule has 124 valence electrons. The average Bonchev–Trinajstić information content (AvgIpc) is 2.57. The van der Waals surface area contributed by atoms with Crippen molar-refractivity contribution in [1.29, 1.82) is 0 Å². The van der Waals surface area contributed by atoms with Gasteiger partial charge in [-0.1, -0.05) is 31.2 Å². The lowest BCUT2D eigenvalue weighted by molar-refractivity contribution is 0.0600. The van der Waals surface area contributed by atoms with Crippen molar-refractivity contribution in [2.75, 3.05) is 13.7 Å². The van der Waals surface area contributed by atoms with Gasteiger partial charge in [0, 0.05) is 6.54 Å². The van der Waals surface area contributed by atoms with Crippen molar-refractivity contribution in [2.45, 2.75) is 26.2 Å². The molecule has 1 rings (SSSR count). The van der Waals surface area contributed by atoms with E-state index in [2.05, 4.69) is 29.1 Å². The van der Waals surface area contributed by atoms with Gasteiger partial charge in [-0.05, 0) is 43.5 Å². The maximum atomic E-state index is 11.6. The number of esters is 1. The first kappa shape index (κ1) is 18.5. The number of carbonyl (C=O) groups is 2. The second-order valence-corrected chi connectivity index (χ2v) is 4.71. The van der Waals surface area contributed by atoms with Crippen molar-refractivity contribution in [3.63, 3.8) is 0 Å². The highest BCUT2D eigenvalue weighted by atomic mass is 16.6. The van der Waals surface area contributed by atoms with Crippen LogP contribution in [0.5, 0.6) is 5.75 Å². The Morgan fingerprint density at radius 3 is 2.30 bits per heavy atom. The van der Waals surface area contributed by atoms with Crippen LogP contribution in [0.1, 0.15) is 36.5 Å². The molecule has 1 N–H and O–H groups in total. The number of hydrogen-bond acceptors (Lipinski definition) is 4.